The van der Waals surface area contributed by atoms with Crippen LogP contribution in [0.4, 0.5) is 11.8 Å². The summed E-state index contributed by atoms with van der Waals surface area (Å²) in [5.41, 5.74) is 2.42. The normalized spacial score (nSPS) is 15.6. The Hall–Kier alpha value is -2.74. The van der Waals surface area contributed by atoms with Crippen molar-refractivity contribution in [2.45, 2.75) is 60.0 Å². The number of rotatable bonds is 6. The minimum atomic E-state index is -0.497. The fraction of sp³-hybridized carbons (Fsp3) is 0.545. The SMILES string of the molecule is Cc1nc(NCc2ccccn2)nc(NC2CCN(OC(=O)C(C)(C)C)CC2)c1C. The van der Waals surface area contributed by atoms with Crippen LogP contribution in [0.1, 0.15) is 50.6 Å². The fourth-order valence-electron chi connectivity index (χ4n) is 3.06. The molecule has 162 valence electrons. The van der Waals surface area contributed by atoms with Crippen LogP contribution in [-0.4, -0.2) is 45.1 Å². The van der Waals surface area contributed by atoms with E-state index in [1.165, 1.54) is 0 Å². The summed E-state index contributed by atoms with van der Waals surface area (Å²) in [6.45, 7) is 11.6. The van der Waals surface area contributed by atoms with Crippen LogP contribution in [-0.2, 0) is 16.2 Å². The molecule has 2 aromatic heterocycles. The average Bonchev–Trinajstić information content (AvgIpc) is 2.71. The Labute approximate surface area is 178 Å². The first-order valence-corrected chi connectivity index (χ1v) is 10.5. The number of aryl methyl sites for hydroxylation is 1. The third-order valence-corrected chi connectivity index (χ3v) is 5.16. The van der Waals surface area contributed by atoms with Gasteiger partial charge in [-0.2, -0.15) is 4.98 Å². The average molecular weight is 413 g/mol. The molecule has 0 spiro atoms. The van der Waals surface area contributed by atoms with Crippen LogP contribution >= 0.6 is 0 Å². The standard InChI is InChI=1S/C22H32N6O2/c1-15-16(2)25-21(24-14-18-8-6-7-11-23-18)27-19(15)26-17-9-12-28(13-10-17)30-20(29)22(3,4)5/h6-8,11,17H,9-10,12-14H2,1-5H3,(H2,24,25,26,27). The lowest BCUT2D eigenvalue weighted by Crippen LogP contribution is -2.42. The van der Waals surface area contributed by atoms with E-state index in [0.717, 1.165) is 35.6 Å². The minimum Gasteiger partial charge on any atom is -0.367 e. The highest BCUT2D eigenvalue weighted by Crippen LogP contribution is 2.23. The Balaban J connectivity index is 1.57. The van der Waals surface area contributed by atoms with Crippen LogP contribution < -0.4 is 10.6 Å². The zero-order chi connectivity index (χ0) is 21.7. The summed E-state index contributed by atoms with van der Waals surface area (Å²) < 4.78 is 0. The maximum atomic E-state index is 12.1. The molecule has 0 amide bonds. The lowest BCUT2D eigenvalue weighted by molar-refractivity contribution is -0.204. The number of aromatic nitrogens is 3. The van der Waals surface area contributed by atoms with Gasteiger partial charge in [0.05, 0.1) is 17.7 Å². The van der Waals surface area contributed by atoms with Gasteiger partial charge < -0.3 is 15.5 Å². The molecule has 1 saturated heterocycles. The van der Waals surface area contributed by atoms with Gasteiger partial charge in [0.1, 0.15) is 5.82 Å². The molecule has 0 aliphatic carbocycles. The van der Waals surface area contributed by atoms with Crippen LogP contribution in [0.25, 0.3) is 0 Å². The van der Waals surface area contributed by atoms with Crippen LogP contribution in [0.3, 0.4) is 0 Å². The number of hydroxylamine groups is 2. The van der Waals surface area contributed by atoms with Gasteiger partial charge in [-0.25, -0.2) is 9.78 Å². The number of carbonyl (C=O) groups is 1. The van der Waals surface area contributed by atoms with Crippen molar-refractivity contribution in [2.75, 3.05) is 23.7 Å². The summed E-state index contributed by atoms with van der Waals surface area (Å²) >= 11 is 0. The molecule has 3 rings (SSSR count). The largest absolute Gasteiger partial charge is 0.367 e. The van der Waals surface area contributed by atoms with E-state index >= 15 is 0 Å². The Morgan fingerprint density at radius 2 is 1.93 bits per heavy atom. The zero-order valence-electron chi connectivity index (χ0n) is 18.5. The van der Waals surface area contributed by atoms with Gasteiger partial charge in [0.2, 0.25) is 5.95 Å². The summed E-state index contributed by atoms with van der Waals surface area (Å²) in [6.07, 6.45) is 3.52. The second-order valence-corrected chi connectivity index (χ2v) is 8.76. The lowest BCUT2D eigenvalue weighted by Gasteiger charge is -2.33. The maximum absolute atomic E-state index is 12.1. The van der Waals surface area contributed by atoms with Gasteiger partial charge in [-0.05, 0) is 59.6 Å². The molecule has 1 fully saturated rings. The van der Waals surface area contributed by atoms with E-state index in [4.69, 9.17) is 4.84 Å². The summed E-state index contributed by atoms with van der Waals surface area (Å²) in [5.74, 6) is 1.23. The van der Waals surface area contributed by atoms with Gasteiger partial charge in [0.25, 0.3) is 0 Å². The maximum Gasteiger partial charge on any atom is 0.330 e. The highest BCUT2D eigenvalue weighted by molar-refractivity contribution is 5.75. The van der Waals surface area contributed by atoms with Crippen LogP contribution in [0.5, 0.6) is 0 Å². The molecule has 8 heteroatoms. The van der Waals surface area contributed by atoms with Crippen LogP contribution in [0.2, 0.25) is 0 Å². The molecule has 2 aromatic rings. The third-order valence-electron chi connectivity index (χ3n) is 5.16. The van der Waals surface area contributed by atoms with E-state index in [0.29, 0.717) is 25.6 Å². The molecular formula is C22H32N6O2. The quantitative estimate of drug-likeness (QED) is 0.745. The molecule has 0 radical (unpaired) electrons. The Morgan fingerprint density at radius 1 is 1.20 bits per heavy atom. The summed E-state index contributed by atoms with van der Waals surface area (Å²) in [4.78, 5) is 31.2. The molecule has 30 heavy (non-hydrogen) atoms. The van der Waals surface area contributed by atoms with E-state index < -0.39 is 5.41 Å². The van der Waals surface area contributed by atoms with E-state index in [1.54, 1.807) is 11.3 Å². The monoisotopic (exact) mass is 412 g/mol. The van der Waals surface area contributed by atoms with E-state index in [2.05, 4.69) is 25.6 Å². The van der Waals surface area contributed by atoms with Crippen molar-refractivity contribution in [3.05, 3.63) is 41.3 Å². The molecule has 0 atom stereocenters. The number of nitrogens with one attached hydrogen (secondary N) is 2. The van der Waals surface area contributed by atoms with Gasteiger partial charge in [-0.1, -0.05) is 6.07 Å². The second kappa shape index (κ2) is 9.38. The van der Waals surface area contributed by atoms with Crippen LogP contribution in [0, 0.1) is 19.3 Å². The lowest BCUT2D eigenvalue weighted by atomic mass is 9.98. The zero-order valence-corrected chi connectivity index (χ0v) is 18.5. The topological polar surface area (TPSA) is 92.3 Å². The van der Waals surface area contributed by atoms with E-state index in [1.807, 2.05) is 52.8 Å². The van der Waals surface area contributed by atoms with Crippen molar-refractivity contribution in [3.8, 4) is 0 Å². The fourth-order valence-corrected chi connectivity index (χ4v) is 3.06. The Bertz CT molecular complexity index is 858. The number of anilines is 2. The minimum absolute atomic E-state index is 0.195. The van der Waals surface area contributed by atoms with Gasteiger partial charge in [0.15, 0.2) is 0 Å². The Morgan fingerprint density at radius 3 is 2.57 bits per heavy atom. The van der Waals surface area contributed by atoms with Crippen molar-refractivity contribution in [1.82, 2.24) is 20.0 Å². The summed E-state index contributed by atoms with van der Waals surface area (Å²) in [5, 5.41) is 8.59. The van der Waals surface area contributed by atoms with Crippen molar-refractivity contribution in [2.24, 2.45) is 5.41 Å². The van der Waals surface area contributed by atoms with Gasteiger partial charge >= 0.3 is 5.97 Å². The van der Waals surface area contributed by atoms with Crippen molar-refractivity contribution < 1.29 is 9.63 Å². The molecule has 0 saturated carbocycles. The second-order valence-electron chi connectivity index (χ2n) is 8.76. The first kappa shape index (κ1) is 22.0. The van der Waals surface area contributed by atoms with Crippen molar-refractivity contribution in [3.63, 3.8) is 0 Å². The number of nitrogens with zero attached hydrogens (tertiary/aromatic N) is 4. The number of hydrogen-bond donors (Lipinski definition) is 2. The predicted molar refractivity (Wildman–Crippen MR) is 117 cm³/mol. The van der Waals surface area contributed by atoms with E-state index in [9.17, 15) is 4.79 Å². The first-order chi connectivity index (χ1) is 14.2. The number of carbonyl (C=O) groups excluding carboxylic acids is 1. The summed E-state index contributed by atoms with van der Waals surface area (Å²) in [6, 6.07) is 6.09. The molecule has 1 aliphatic heterocycles. The number of hydrogen-bond acceptors (Lipinski definition) is 8. The summed E-state index contributed by atoms with van der Waals surface area (Å²) in [7, 11) is 0. The van der Waals surface area contributed by atoms with Gasteiger partial charge in [-0.3, -0.25) is 4.98 Å². The molecule has 0 aromatic carbocycles. The highest BCUT2D eigenvalue weighted by atomic mass is 16.7. The molecule has 8 nitrogen and oxygen atoms in total. The molecule has 1 aliphatic rings. The smallest absolute Gasteiger partial charge is 0.330 e. The number of pyridine rings is 1. The van der Waals surface area contributed by atoms with Crippen molar-refractivity contribution >= 4 is 17.7 Å². The number of piperidine rings is 1. The molecule has 3 heterocycles. The first-order valence-electron chi connectivity index (χ1n) is 10.5. The van der Waals surface area contributed by atoms with Gasteiger partial charge in [-0.15, -0.1) is 5.06 Å². The Kier molecular flexibility index (Phi) is 6.87. The third kappa shape index (κ3) is 5.89. The van der Waals surface area contributed by atoms with Crippen LogP contribution in [0.15, 0.2) is 24.4 Å². The highest BCUT2D eigenvalue weighted by Gasteiger charge is 2.28. The molecule has 0 unspecified atom stereocenters. The predicted octanol–water partition coefficient (Wildman–Crippen LogP) is 3.48. The van der Waals surface area contributed by atoms with Crippen molar-refractivity contribution in [1.29, 1.82) is 0 Å². The van der Waals surface area contributed by atoms with E-state index in [-0.39, 0.29) is 12.0 Å². The molecule has 2 N–H and O–H groups in total. The van der Waals surface area contributed by atoms with Gasteiger partial charge in [0, 0.05) is 36.6 Å². The molecular weight excluding hydrogens is 380 g/mol. The molecule has 0 bridgehead atoms.